The Hall–Kier alpha value is -1.48. The van der Waals surface area contributed by atoms with Crippen LogP contribution in [0.1, 0.15) is 25.3 Å². The van der Waals surface area contributed by atoms with Gasteiger partial charge in [0.05, 0.1) is 17.1 Å². The van der Waals surface area contributed by atoms with Crippen LogP contribution in [0.5, 0.6) is 0 Å². The second-order valence-corrected chi connectivity index (χ2v) is 7.00. The number of hydrogen-bond donors (Lipinski definition) is 2. The van der Waals surface area contributed by atoms with Crippen molar-refractivity contribution in [2.75, 3.05) is 10.6 Å². The molecule has 2 bridgehead atoms. The highest BCUT2D eigenvalue weighted by atomic mass is 35.5. The fraction of sp³-hybridized carbons (Fsp3) is 0.471. The van der Waals surface area contributed by atoms with E-state index in [1.54, 1.807) is 0 Å². The molecule has 1 aliphatic heterocycles. The van der Waals surface area contributed by atoms with Crippen molar-refractivity contribution in [1.29, 1.82) is 0 Å². The zero-order chi connectivity index (χ0) is 14.6. The monoisotopic (exact) mass is 302 g/mol. The summed E-state index contributed by atoms with van der Waals surface area (Å²) in [5.41, 5.74) is 2.84. The van der Waals surface area contributed by atoms with E-state index in [1.807, 2.05) is 12.1 Å². The van der Waals surface area contributed by atoms with Crippen LogP contribution in [0.2, 0.25) is 5.02 Å². The van der Waals surface area contributed by atoms with E-state index in [2.05, 4.69) is 29.7 Å². The van der Waals surface area contributed by atoms with Gasteiger partial charge in [0.2, 0.25) is 5.91 Å². The summed E-state index contributed by atoms with van der Waals surface area (Å²) in [6.45, 7) is 2.24. The number of nitrogens with one attached hydrogen (secondary N) is 2. The molecule has 1 aromatic rings. The minimum absolute atomic E-state index is 0.0458. The smallest absolute Gasteiger partial charge is 0.228 e. The Morgan fingerprint density at radius 3 is 2.90 bits per heavy atom. The lowest BCUT2D eigenvalue weighted by molar-refractivity contribution is -0.115. The first kappa shape index (κ1) is 13.2. The molecule has 3 nitrogen and oxygen atoms in total. The molecule has 1 amide bonds. The number of allylic oxidation sites excluding steroid dienone is 2. The quantitative estimate of drug-likeness (QED) is 0.833. The van der Waals surface area contributed by atoms with Crippen LogP contribution in [0.15, 0.2) is 24.3 Å². The van der Waals surface area contributed by atoms with Gasteiger partial charge in [-0.15, -0.1) is 0 Å². The molecule has 1 saturated carbocycles. The molecular weight excluding hydrogens is 284 g/mol. The molecule has 4 rings (SSSR count). The summed E-state index contributed by atoms with van der Waals surface area (Å²) < 4.78 is 0. The molecular formula is C17H19ClN2O. The van der Waals surface area contributed by atoms with Crippen LogP contribution in [0.25, 0.3) is 0 Å². The van der Waals surface area contributed by atoms with Gasteiger partial charge in [-0.1, -0.05) is 23.8 Å². The molecule has 0 aromatic heterocycles. The Bertz CT molecular complexity index is 640. The predicted molar refractivity (Wildman–Crippen MR) is 85.7 cm³/mol. The third kappa shape index (κ3) is 2.24. The van der Waals surface area contributed by atoms with Gasteiger partial charge < -0.3 is 10.6 Å². The highest BCUT2D eigenvalue weighted by molar-refractivity contribution is 6.33. The molecule has 1 aromatic carbocycles. The molecule has 1 fully saturated rings. The van der Waals surface area contributed by atoms with E-state index in [-0.39, 0.29) is 5.91 Å². The number of halogens is 1. The van der Waals surface area contributed by atoms with Crippen LogP contribution >= 0.6 is 11.6 Å². The maximum absolute atomic E-state index is 11.5. The summed E-state index contributed by atoms with van der Waals surface area (Å²) in [4.78, 5) is 11.5. The Morgan fingerprint density at radius 2 is 2.19 bits per heavy atom. The lowest BCUT2D eigenvalue weighted by atomic mass is 9.87. The van der Waals surface area contributed by atoms with E-state index in [4.69, 9.17) is 11.6 Å². The number of anilines is 2. The van der Waals surface area contributed by atoms with Crippen LogP contribution < -0.4 is 10.6 Å². The Labute approximate surface area is 129 Å². The topological polar surface area (TPSA) is 41.1 Å². The van der Waals surface area contributed by atoms with Gasteiger partial charge in [-0.3, -0.25) is 4.79 Å². The number of fused-ring (bicyclic) bond motifs is 3. The van der Waals surface area contributed by atoms with Gasteiger partial charge in [0.25, 0.3) is 0 Å². The van der Waals surface area contributed by atoms with Gasteiger partial charge in [0, 0.05) is 11.7 Å². The van der Waals surface area contributed by atoms with Crippen LogP contribution in [0.3, 0.4) is 0 Å². The average Bonchev–Trinajstić information content (AvgIpc) is 3.13. The minimum atomic E-state index is 0.0458. The lowest BCUT2D eigenvalue weighted by Gasteiger charge is -2.27. The van der Waals surface area contributed by atoms with Crippen molar-refractivity contribution in [3.8, 4) is 0 Å². The summed E-state index contributed by atoms with van der Waals surface area (Å²) in [5.74, 6) is 2.23. The van der Waals surface area contributed by atoms with Crippen molar-refractivity contribution in [1.82, 2.24) is 0 Å². The highest BCUT2D eigenvalue weighted by Gasteiger charge is 2.38. The number of amides is 1. The van der Waals surface area contributed by atoms with Gasteiger partial charge in [-0.25, -0.2) is 0 Å². The molecule has 0 spiro atoms. The number of carbonyl (C=O) groups is 1. The van der Waals surface area contributed by atoms with Crippen LogP contribution in [-0.2, 0) is 11.2 Å². The SMILES string of the molecule is CC(Nc1cc2c(cc1Cl)NC(=O)C2)C1CC2C=CC1C2. The molecule has 110 valence electrons. The molecule has 3 aliphatic rings. The van der Waals surface area contributed by atoms with Crippen molar-refractivity contribution >= 4 is 28.9 Å². The fourth-order valence-corrected chi connectivity index (χ4v) is 4.33. The first-order valence-electron chi connectivity index (χ1n) is 7.67. The minimum Gasteiger partial charge on any atom is -0.381 e. The second-order valence-electron chi connectivity index (χ2n) is 6.59. The van der Waals surface area contributed by atoms with Gasteiger partial charge >= 0.3 is 0 Å². The molecule has 4 atom stereocenters. The summed E-state index contributed by atoms with van der Waals surface area (Å²) >= 11 is 6.36. The zero-order valence-electron chi connectivity index (χ0n) is 12.0. The first-order chi connectivity index (χ1) is 10.1. The van der Waals surface area contributed by atoms with Gasteiger partial charge in [0.1, 0.15) is 0 Å². The number of rotatable bonds is 3. The normalized spacial score (nSPS) is 30.4. The van der Waals surface area contributed by atoms with Crippen molar-refractivity contribution in [3.63, 3.8) is 0 Å². The molecule has 0 saturated heterocycles. The maximum Gasteiger partial charge on any atom is 0.228 e. The van der Waals surface area contributed by atoms with Crippen LogP contribution in [-0.4, -0.2) is 11.9 Å². The average molecular weight is 303 g/mol. The van der Waals surface area contributed by atoms with Gasteiger partial charge in [-0.2, -0.15) is 0 Å². The van der Waals surface area contributed by atoms with E-state index in [0.29, 0.717) is 29.3 Å². The Balaban J connectivity index is 1.53. The fourth-order valence-electron chi connectivity index (χ4n) is 4.11. The van der Waals surface area contributed by atoms with E-state index in [9.17, 15) is 4.79 Å². The molecule has 0 radical (unpaired) electrons. The highest BCUT2D eigenvalue weighted by Crippen LogP contribution is 2.45. The van der Waals surface area contributed by atoms with Crippen molar-refractivity contribution in [2.24, 2.45) is 17.8 Å². The van der Waals surface area contributed by atoms with Crippen molar-refractivity contribution in [2.45, 2.75) is 32.2 Å². The van der Waals surface area contributed by atoms with Crippen LogP contribution in [0, 0.1) is 17.8 Å². The van der Waals surface area contributed by atoms with E-state index in [0.717, 1.165) is 22.9 Å². The molecule has 1 heterocycles. The standard InChI is InChI=1S/C17H19ClN2O/c1-9(13-5-10-2-3-11(13)4-10)19-16-6-12-7-17(21)20-15(12)8-14(16)18/h2-3,6,8-11,13,19H,4-5,7H2,1H3,(H,20,21). The largest absolute Gasteiger partial charge is 0.381 e. The van der Waals surface area contributed by atoms with Crippen LogP contribution in [0.4, 0.5) is 11.4 Å². The Kier molecular flexibility index (Phi) is 3.00. The van der Waals surface area contributed by atoms with Crippen molar-refractivity contribution < 1.29 is 4.79 Å². The Morgan fingerprint density at radius 1 is 1.33 bits per heavy atom. The maximum atomic E-state index is 11.5. The number of hydrogen-bond acceptors (Lipinski definition) is 2. The zero-order valence-corrected chi connectivity index (χ0v) is 12.8. The summed E-state index contributed by atoms with van der Waals surface area (Å²) in [7, 11) is 0. The van der Waals surface area contributed by atoms with Gasteiger partial charge in [0.15, 0.2) is 0 Å². The van der Waals surface area contributed by atoms with Gasteiger partial charge in [-0.05, 0) is 55.2 Å². The van der Waals surface area contributed by atoms with Crippen molar-refractivity contribution in [3.05, 3.63) is 34.9 Å². The van der Waals surface area contributed by atoms with E-state index < -0.39 is 0 Å². The summed E-state index contributed by atoms with van der Waals surface area (Å²) in [5, 5.41) is 7.09. The summed E-state index contributed by atoms with van der Waals surface area (Å²) in [6.07, 6.45) is 7.79. The lowest BCUT2D eigenvalue weighted by Crippen LogP contribution is -2.29. The third-order valence-electron chi connectivity index (χ3n) is 5.17. The summed E-state index contributed by atoms with van der Waals surface area (Å²) in [6, 6.07) is 4.28. The van der Waals surface area contributed by atoms with E-state index in [1.165, 1.54) is 12.8 Å². The molecule has 2 aliphatic carbocycles. The molecule has 4 unspecified atom stereocenters. The first-order valence-corrected chi connectivity index (χ1v) is 8.05. The predicted octanol–water partition coefficient (Wildman–Crippen LogP) is 3.85. The number of benzene rings is 1. The second kappa shape index (κ2) is 4.77. The molecule has 4 heteroatoms. The molecule has 21 heavy (non-hydrogen) atoms. The number of carbonyl (C=O) groups excluding carboxylic acids is 1. The van der Waals surface area contributed by atoms with E-state index >= 15 is 0 Å². The molecule has 2 N–H and O–H groups in total. The third-order valence-corrected chi connectivity index (χ3v) is 5.49.